The normalized spacial score (nSPS) is 14.4. The minimum Gasteiger partial charge on any atom is -0.481 e. The molecule has 0 radical (unpaired) electrons. The second kappa shape index (κ2) is 5.87. The lowest BCUT2D eigenvalue weighted by molar-refractivity contribution is -0.148. The maximum atomic E-state index is 11.3. The molecule has 1 atom stereocenters. The summed E-state index contributed by atoms with van der Waals surface area (Å²) in [5.41, 5.74) is 0.139. The second-order valence-electron chi connectivity index (χ2n) is 4.53. The molecule has 1 aromatic rings. The number of rotatable bonds is 5. The summed E-state index contributed by atoms with van der Waals surface area (Å²) in [7, 11) is 0. The highest BCUT2D eigenvalue weighted by Gasteiger charge is 2.32. The Labute approximate surface area is 115 Å². The van der Waals surface area contributed by atoms with Crippen LogP contribution in [0.3, 0.4) is 0 Å². The number of benzene rings is 1. The van der Waals surface area contributed by atoms with Gasteiger partial charge in [-0.15, -0.1) is 0 Å². The number of hydrogen-bond acceptors (Lipinski definition) is 1. The fraction of sp³-hybridized carbons (Fsp3) is 0.462. The summed E-state index contributed by atoms with van der Waals surface area (Å²) in [6, 6.07) is 5.56. The number of hydrogen-bond donors (Lipinski definition) is 1. The fourth-order valence-corrected chi connectivity index (χ4v) is 2.65. The van der Waals surface area contributed by atoms with Crippen molar-refractivity contribution in [1.82, 2.24) is 0 Å². The average Bonchev–Trinajstić information content (AvgIpc) is 2.22. The fourth-order valence-electron chi connectivity index (χ4n) is 1.91. The summed E-state index contributed by atoms with van der Waals surface area (Å²) in [6.45, 7) is 3.77. The number of carboxylic acids is 1. The van der Waals surface area contributed by atoms with E-state index in [1.807, 2.05) is 19.1 Å². The summed E-state index contributed by atoms with van der Waals surface area (Å²) >= 11 is 9.45. The maximum absolute atomic E-state index is 11.3. The molecule has 0 aliphatic rings. The molecule has 1 unspecified atom stereocenters. The second-order valence-corrected chi connectivity index (χ2v) is 5.85. The SMILES string of the molecule is CCCC(C)(Cc1ccc(Br)cc1Cl)C(=O)O. The first-order chi connectivity index (χ1) is 7.89. The van der Waals surface area contributed by atoms with E-state index in [2.05, 4.69) is 15.9 Å². The van der Waals surface area contributed by atoms with Crippen LogP contribution in [0, 0.1) is 5.41 Å². The van der Waals surface area contributed by atoms with Crippen molar-refractivity contribution >= 4 is 33.5 Å². The molecule has 17 heavy (non-hydrogen) atoms. The molecule has 0 aliphatic carbocycles. The molecule has 1 N–H and O–H groups in total. The summed E-state index contributed by atoms with van der Waals surface area (Å²) < 4.78 is 0.902. The third-order valence-electron chi connectivity index (χ3n) is 2.91. The lowest BCUT2D eigenvalue weighted by Crippen LogP contribution is -2.30. The number of carbonyl (C=O) groups is 1. The van der Waals surface area contributed by atoms with E-state index in [0.717, 1.165) is 16.5 Å². The molecule has 0 fully saturated rings. The van der Waals surface area contributed by atoms with Crippen LogP contribution >= 0.6 is 27.5 Å². The molecule has 0 heterocycles. The largest absolute Gasteiger partial charge is 0.481 e. The number of carboxylic acid groups (broad SMARTS) is 1. The van der Waals surface area contributed by atoms with Gasteiger partial charge in [-0.2, -0.15) is 0 Å². The molecule has 0 aliphatic heterocycles. The van der Waals surface area contributed by atoms with Crippen molar-refractivity contribution < 1.29 is 9.90 Å². The van der Waals surface area contributed by atoms with Crippen molar-refractivity contribution in [2.24, 2.45) is 5.41 Å². The summed E-state index contributed by atoms with van der Waals surface area (Å²) in [6.07, 6.45) is 1.95. The van der Waals surface area contributed by atoms with Gasteiger partial charge in [0.2, 0.25) is 0 Å². The zero-order valence-corrected chi connectivity index (χ0v) is 12.3. The van der Waals surface area contributed by atoms with Crippen LogP contribution in [0.15, 0.2) is 22.7 Å². The Balaban J connectivity index is 2.98. The van der Waals surface area contributed by atoms with Gasteiger partial charge in [0, 0.05) is 9.50 Å². The van der Waals surface area contributed by atoms with E-state index in [-0.39, 0.29) is 0 Å². The zero-order chi connectivity index (χ0) is 13.1. The topological polar surface area (TPSA) is 37.3 Å². The van der Waals surface area contributed by atoms with Crippen LogP contribution in [-0.4, -0.2) is 11.1 Å². The first-order valence-electron chi connectivity index (χ1n) is 5.56. The standard InChI is InChI=1S/C13H16BrClO2/c1-3-6-13(2,12(16)17)8-9-4-5-10(14)7-11(9)15/h4-5,7H,3,6,8H2,1-2H3,(H,16,17). The van der Waals surface area contributed by atoms with Crippen molar-refractivity contribution in [1.29, 1.82) is 0 Å². The van der Waals surface area contributed by atoms with E-state index >= 15 is 0 Å². The van der Waals surface area contributed by atoms with Gasteiger partial charge < -0.3 is 5.11 Å². The van der Waals surface area contributed by atoms with Gasteiger partial charge in [-0.3, -0.25) is 4.79 Å². The Hall–Kier alpha value is -0.540. The van der Waals surface area contributed by atoms with Gasteiger partial charge in [-0.1, -0.05) is 46.9 Å². The number of halogens is 2. The van der Waals surface area contributed by atoms with Gasteiger partial charge in [0.1, 0.15) is 0 Å². The van der Waals surface area contributed by atoms with E-state index in [1.54, 1.807) is 13.0 Å². The summed E-state index contributed by atoms with van der Waals surface area (Å²) in [5, 5.41) is 9.93. The smallest absolute Gasteiger partial charge is 0.309 e. The Morgan fingerprint density at radius 1 is 1.53 bits per heavy atom. The molecule has 1 aromatic carbocycles. The Morgan fingerprint density at radius 3 is 2.65 bits per heavy atom. The lowest BCUT2D eigenvalue weighted by atomic mass is 9.80. The Kier molecular flexibility index (Phi) is 5.02. The monoisotopic (exact) mass is 318 g/mol. The van der Waals surface area contributed by atoms with Gasteiger partial charge in [0.05, 0.1) is 5.41 Å². The summed E-state index contributed by atoms with van der Waals surface area (Å²) in [4.78, 5) is 11.3. The minimum atomic E-state index is -0.765. The molecular formula is C13H16BrClO2. The molecule has 0 aromatic heterocycles. The van der Waals surface area contributed by atoms with Crippen LogP contribution in [0.4, 0.5) is 0 Å². The average molecular weight is 320 g/mol. The van der Waals surface area contributed by atoms with E-state index < -0.39 is 11.4 Å². The highest BCUT2D eigenvalue weighted by molar-refractivity contribution is 9.10. The predicted octanol–water partition coefficient (Wildman–Crippen LogP) is 4.54. The molecule has 1 rings (SSSR count). The Morgan fingerprint density at radius 2 is 2.18 bits per heavy atom. The van der Waals surface area contributed by atoms with Crippen LogP contribution < -0.4 is 0 Å². The molecule has 94 valence electrons. The van der Waals surface area contributed by atoms with Gasteiger partial charge in [-0.05, 0) is 37.5 Å². The minimum absolute atomic E-state index is 0.461. The van der Waals surface area contributed by atoms with Gasteiger partial charge in [-0.25, -0.2) is 0 Å². The van der Waals surface area contributed by atoms with Gasteiger partial charge in [0.15, 0.2) is 0 Å². The van der Waals surface area contributed by atoms with Crippen molar-refractivity contribution in [2.45, 2.75) is 33.1 Å². The molecule has 0 spiro atoms. The van der Waals surface area contributed by atoms with E-state index in [0.29, 0.717) is 17.9 Å². The van der Waals surface area contributed by atoms with Crippen LogP contribution in [0.2, 0.25) is 5.02 Å². The van der Waals surface area contributed by atoms with Crippen molar-refractivity contribution in [3.05, 3.63) is 33.3 Å². The maximum Gasteiger partial charge on any atom is 0.309 e. The van der Waals surface area contributed by atoms with Crippen molar-refractivity contribution in [2.75, 3.05) is 0 Å². The molecule has 0 bridgehead atoms. The molecular weight excluding hydrogens is 303 g/mol. The Bertz CT molecular complexity index is 420. The first-order valence-corrected chi connectivity index (χ1v) is 6.73. The number of aliphatic carboxylic acids is 1. The van der Waals surface area contributed by atoms with E-state index in [9.17, 15) is 9.90 Å². The quantitative estimate of drug-likeness (QED) is 0.865. The lowest BCUT2D eigenvalue weighted by Gasteiger charge is -2.24. The molecule has 2 nitrogen and oxygen atoms in total. The highest BCUT2D eigenvalue weighted by Crippen LogP contribution is 2.32. The highest BCUT2D eigenvalue weighted by atomic mass is 79.9. The van der Waals surface area contributed by atoms with Crippen LogP contribution in [0.1, 0.15) is 32.3 Å². The van der Waals surface area contributed by atoms with Crippen LogP contribution in [0.5, 0.6) is 0 Å². The third-order valence-corrected chi connectivity index (χ3v) is 3.76. The third kappa shape index (κ3) is 3.71. The van der Waals surface area contributed by atoms with Crippen molar-refractivity contribution in [3.8, 4) is 0 Å². The summed E-state index contributed by atoms with van der Waals surface area (Å²) in [5.74, 6) is -0.765. The van der Waals surface area contributed by atoms with E-state index in [1.165, 1.54) is 0 Å². The zero-order valence-electron chi connectivity index (χ0n) is 9.96. The predicted molar refractivity (Wildman–Crippen MR) is 73.5 cm³/mol. The van der Waals surface area contributed by atoms with Crippen molar-refractivity contribution in [3.63, 3.8) is 0 Å². The van der Waals surface area contributed by atoms with Crippen LogP contribution in [-0.2, 0) is 11.2 Å². The molecule has 0 saturated carbocycles. The first kappa shape index (κ1) is 14.5. The molecule has 4 heteroatoms. The van der Waals surface area contributed by atoms with Crippen LogP contribution in [0.25, 0.3) is 0 Å². The molecule has 0 saturated heterocycles. The van der Waals surface area contributed by atoms with E-state index in [4.69, 9.17) is 11.6 Å². The van der Waals surface area contributed by atoms with Gasteiger partial charge in [0.25, 0.3) is 0 Å². The molecule has 0 amide bonds. The van der Waals surface area contributed by atoms with Gasteiger partial charge >= 0.3 is 5.97 Å².